The van der Waals surface area contributed by atoms with Crippen LogP contribution < -0.4 is 11.2 Å². The summed E-state index contributed by atoms with van der Waals surface area (Å²) in [5, 5.41) is 3.83. The number of rotatable bonds is 2. The summed E-state index contributed by atoms with van der Waals surface area (Å²) in [5.41, 5.74) is 0.999. The lowest BCUT2D eigenvalue weighted by atomic mass is 10.2. The van der Waals surface area contributed by atoms with Gasteiger partial charge in [-0.3, -0.25) is 9.36 Å². The number of hydrogen-bond donors (Lipinski definition) is 1. The molecule has 1 saturated carbocycles. The highest BCUT2D eigenvalue weighted by Gasteiger charge is 2.26. The van der Waals surface area contributed by atoms with Crippen LogP contribution in [0.15, 0.2) is 32.5 Å². The smallest absolute Gasteiger partial charge is 0.307 e. The van der Waals surface area contributed by atoms with Crippen molar-refractivity contribution in [3.8, 4) is 11.3 Å². The number of nitrogens with one attached hydrogen (secondary N) is 1. The first-order valence-corrected chi connectivity index (χ1v) is 6.08. The molecule has 1 fully saturated rings. The monoisotopic (exact) mass is 234 g/mol. The largest absolute Gasteiger partial charge is 0.329 e. The van der Waals surface area contributed by atoms with Crippen LogP contribution in [0.4, 0.5) is 0 Å². The summed E-state index contributed by atoms with van der Waals surface area (Å²) in [6.45, 7) is 0. The Morgan fingerprint density at radius 1 is 1.38 bits per heavy atom. The molecule has 82 valence electrons. The van der Waals surface area contributed by atoms with E-state index in [2.05, 4.69) is 4.98 Å². The third-order valence-corrected chi connectivity index (χ3v) is 3.39. The van der Waals surface area contributed by atoms with E-state index in [0.29, 0.717) is 5.69 Å². The predicted molar refractivity (Wildman–Crippen MR) is 62.9 cm³/mol. The van der Waals surface area contributed by atoms with Gasteiger partial charge in [-0.1, -0.05) is 0 Å². The molecule has 2 aromatic heterocycles. The van der Waals surface area contributed by atoms with Gasteiger partial charge in [0.15, 0.2) is 0 Å². The first-order chi connectivity index (χ1) is 7.75. The van der Waals surface area contributed by atoms with Crippen LogP contribution in [0.5, 0.6) is 0 Å². The van der Waals surface area contributed by atoms with Gasteiger partial charge in [0.25, 0.3) is 5.56 Å². The summed E-state index contributed by atoms with van der Waals surface area (Å²) in [7, 11) is 0. The van der Waals surface area contributed by atoms with Gasteiger partial charge in [0.2, 0.25) is 0 Å². The molecule has 0 saturated heterocycles. The predicted octanol–water partition coefficient (Wildman–Crippen LogP) is 1.60. The van der Waals surface area contributed by atoms with E-state index in [9.17, 15) is 9.59 Å². The number of hydrogen-bond acceptors (Lipinski definition) is 3. The highest BCUT2D eigenvalue weighted by atomic mass is 32.1. The van der Waals surface area contributed by atoms with Gasteiger partial charge in [0.05, 0.1) is 5.69 Å². The fourth-order valence-corrected chi connectivity index (χ4v) is 2.41. The van der Waals surface area contributed by atoms with Crippen LogP contribution in [0.1, 0.15) is 18.9 Å². The van der Waals surface area contributed by atoms with E-state index >= 15 is 0 Å². The molecule has 16 heavy (non-hydrogen) atoms. The number of aromatic nitrogens is 2. The number of H-pyrrole nitrogens is 1. The molecule has 2 heterocycles. The van der Waals surface area contributed by atoms with E-state index in [1.54, 1.807) is 0 Å². The topological polar surface area (TPSA) is 54.9 Å². The molecule has 5 heteroatoms. The Bertz CT molecular complexity index is 589. The lowest BCUT2D eigenvalue weighted by molar-refractivity contribution is 0.657. The van der Waals surface area contributed by atoms with Gasteiger partial charge in [-0.15, -0.1) is 0 Å². The molecule has 1 N–H and O–H groups in total. The van der Waals surface area contributed by atoms with E-state index in [-0.39, 0.29) is 17.3 Å². The molecule has 0 bridgehead atoms. The van der Waals surface area contributed by atoms with Crippen molar-refractivity contribution in [3.63, 3.8) is 0 Å². The summed E-state index contributed by atoms with van der Waals surface area (Å²) in [5.74, 6) is 0. The zero-order valence-corrected chi connectivity index (χ0v) is 9.29. The minimum Gasteiger partial charge on any atom is -0.307 e. The fourth-order valence-electron chi connectivity index (χ4n) is 1.76. The Labute approximate surface area is 95.2 Å². The Kier molecular flexibility index (Phi) is 2.07. The van der Waals surface area contributed by atoms with Crippen molar-refractivity contribution in [2.75, 3.05) is 0 Å². The van der Waals surface area contributed by atoms with Gasteiger partial charge in [-0.2, -0.15) is 11.3 Å². The van der Waals surface area contributed by atoms with Gasteiger partial charge < -0.3 is 4.98 Å². The van der Waals surface area contributed by atoms with Gasteiger partial charge in [0, 0.05) is 23.1 Å². The quantitative estimate of drug-likeness (QED) is 0.858. The first kappa shape index (κ1) is 9.59. The van der Waals surface area contributed by atoms with E-state index in [0.717, 1.165) is 18.4 Å². The molecule has 0 atom stereocenters. The van der Waals surface area contributed by atoms with Crippen LogP contribution in [0.3, 0.4) is 0 Å². The molecule has 2 aromatic rings. The standard InChI is InChI=1S/C11H10N2O2S/c14-10-5-9(7-3-4-16-6-7)12-11(15)13(10)8-1-2-8/h3-6,8H,1-2H2,(H,12,15). The van der Waals surface area contributed by atoms with Crippen LogP contribution in [-0.4, -0.2) is 9.55 Å². The van der Waals surface area contributed by atoms with Crippen molar-refractivity contribution < 1.29 is 0 Å². The fraction of sp³-hybridized carbons (Fsp3) is 0.273. The van der Waals surface area contributed by atoms with Crippen molar-refractivity contribution in [1.82, 2.24) is 9.55 Å². The van der Waals surface area contributed by atoms with Crippen molar-refractivity contribution in [2.45, 2.75) is 18.9 Å². The van der Waals surface area contributed by atoms with Crippen molar-refractivity contribution in [2.24, 2.45) is 0 Å². The van der Waals surface area contributed by atoms with E-state index in [4.69, 9.17) is 0 Å². The molecule has 1 aliphatic rings. The molecule has 4 nitrogen and oxygen atoms in total. The molecule has 0 aliphatic heterocycles. The Morgan fingerprint density at radius 3 is 2.75 bits per heavy atom. The number of thiophene rings is 1. The lowest BCUT2D eigenvalue weighted by Gasteiger charge is -2.03. The summed E-state index contributed by atoms with van der Waals surface area (Å²) >= 11 is 1.54. The Balaban J connectivity index is 2.17. The maximum Gasteiger partial charge on any atom is 0.329 e. The third kappa shape index (κ3) is 1.53. The van der Waals surface area contributed by atoms with Crippen LogP contribution in [0, 0.1) is 0 Å². The van der Waals surface area contributed by atoms with Crippen LogP contribution in [-0.2, 0) is 0 Å². The molecular formula is C11H10N2O2S. The molecule has 1 aliphatic carbocycles. The SMILES string of the molecule is O=c1cc(-c2ccsc2)[nH]c(=O)n1C1CC1. The van der Waals surface area contributed by atoms with Gasteiger partial charge in [-0.05, 0) is 24.3 Å². The average molecular weight is 234 g/mol. The van der Waals surface area contributed by atoms with Crippen molar-refractivity contribution >= 4 is 11.3 Å². The van der Waals surface area contributed by atoms with Crippen LogP contribution in [0.25, 0.3) is 11.3 Å². The Morgan fingerprint density at radius 2 is 2.19 bits per heavy atom. The number of aromatic amines is 1. The molecule has 0 radical (unpaired) electrons. The minimum absolute atomic E-state index is 0.118. The maximum atomic E-state index is 11.8. The van der Waals surface area contributed by atoms with Crippen molar-refractivity contribution in [1.29, 1.82) is 0 Å². The van der Waals surface area contributed by atoms with E-state index in [1.165, 1.54) is 22.0 Å². The highest BCUT2D eigenvalue weighted by Crippen LogP contribution is 2.32. The summed E-state index contributed by atoms with van der Waals surface area (Å²) < 4.78 is 1.32. The second kappa shape index (κ2) is 3.45. The number of nitrogens with zero attached hydrogens (tertiary/aromatic N) is 1. The molecular weight excluding hydrogens is 224 g/mol. The highest BCUT2D eigenvalue weighted by molar-refractivity contribution is 7.08. The first-order valence-electron chi connectivity index (χ1n) is 5.14. The lowest BCUT2D eigenvalue weighted by Crippen LogP contribution is -2.34. The van der Waals surface area contributed by atoms with Crippen LogP contribution in [0.2, 0.25) is 0 Å². The molecule has 3 rings (SSSR count). The molecule has 0 unspecified atom stereocenters. The Hall–Kier alpha value is -1.62. The maximum absolute atomic E-state index is 11.8. The molecule has 0 aromatic carbocycles. The zero-order valence-electron chi connectivity index (χ0n) is 8.47. The van der Waals surface area contributed by atoms with Gasteiger partial charge in [0.1, 0.15) is 0 Å². The summed E-state index contributed by atoms with van der Waals surface area (Å²) in [6.07, 6.45) is 1.86. The van der Waals surface area contributed by atoms with E-state index < -0.39 is 0 Å². The summed E-state index contributed by atoms with van der Waals surface area (Å²) in [6, 6.07) is 3.51. The summed E-state index contributed by atoms with van der Waals surface area (Å²) in [4.78, 5) is 26.3. The minimum atomic E-state index is -0.295. The second-order valence-electron chi connectivity index (χ2n) is 3.94. The normalized spacial score (nSPS) is 15.2. The molecule has 0 amide bonds. The molecule has 0 spiro atoms. The van der Waals surface area contributed by atoms with Crippen LogP contribution >= 0.6 is 11.3 Å². The second-order valence-corrected chi connectivity index (χ2v) is 4.72. The van der Waals surface area contributed by atoms with Gasteiger partial charge in [-0.25, -0.2) is 4.79 Å². The van der Waals surface area contributed by atoms with E-state index in [1.807, 2.05) is 16.8 Å². The average Bonchev–Trinajstić information content (AvgIpc) is 2.92. The third-order valence-electron chi connectivity index (χ3n) is 2.71. The van der Waals surface area contributed by atoms with Crippen molar-refractivity contribution in [3.05, 3.63) is 43.7 Å². The zero-order chi connectivity index (χ0) is 11.1. The van der Waals surface area contributed by atoms with Gasteiger partial charge >= 0.3 is 5.69 Å².